The van der Waals surface area contributed by atoms with E-state index >= 15 is 0 Å². The van der Waals surface area contributed by atoms with Gasteiger partial charge in [-0.25, -0.2) is 4.98 Å². The molecule has 0 aliphatic heterocycles. The van der Waals surface area contributed by atoms with Crippen LogP contribution in [0.5, 0.6) is 0 Å². The van der Waals surface area contributed by atoms with Gasteiger partial charge < -0.3 is 5.11 Å². The summed E-state index contributed by atoms with van der Waals surface area (Å²) in [5.74, 6) is 0. The predicted molar refractivity (Wildman–Crippen MR) is 90.4 cm³/mol. The van der Waals surface area contributed by atoms with Gasteiger partial charge >= 0.3 is 0 Å². The van der Waals surface area contributed by atoms with Gasteiger partial charge in [0.2, 0.25) is 0 Å². The number of fused-ring (bicyclic) bond motifs is 1. The topological polar surface area (TPSA) is 55.1 Å². The van der Waals surface area contributed by atoms with Crippen LogP contribution in [0.1, 0.15) is 19.4 Å². The van der Waals surface area contributed by atoms with E-state index in [2.05, 4.69) is 4.98 Å². The standard InChI is InChI=1S/C17H18N2O2S/c1-11-13-15(22-14(11)12-7-5-4-6-8-12)18-10-19(16(13)20)9-17(2,3)21/h4-8,10,21H,9H2,1-3H3. The zero-order valence-corrected chi connectivity index (χ0v) is 13.6. The molecule has 3 aromatic rings. The Bertz CT molecular complexity index is 873. The molecular weight excluding hydrogens is 296 g/mol. The van der Waals surface area contributed by atoms with Gasteiger partial charge in [0.15, 0.2) is 0 Å². The Hall–Kier alpha value is -1.98. The maximum atomic E-state index is 12.7. The highest BCUT2D eigenvalue weighted by Crippen LogP contribution is 2.35. The van der Waals surface area contributed by atoms with Gasteiger partial charge in [0.05, 0.1) is 23.9 Å². The number of aromatic nitrogens is 2. The second kappa shape index (κ2) is 5.34. The molecule has 0 aliphatic rings. The molecule has 4 nitrogen and oxygen atoms in total. The molecule has 0 bridgehead atoms. The van der Waals surface area contributed by atoms with Gasteiger partial charge in [-0.05, 0) is 31.9 Å². The van der Waals surface area contributed by atoms with Crippen molar-refractivity contribution in [1.29, 1.82) is 0 Å². The molecule has 114 valence electrons. The lowest BCUT2D eigenvalue weighted by Crippen LogP contribution is -2.32. The van der Waals surface area contributed by atoms with Crippen molar-refractivity contribution in [1.82, 2.24) is 9.55 Å². The summed E-state index contributed by atoms with van der Waals surface area (Å²) in [5.41, 5.74) is 0.999. The van der Waals surface area contributed by atoms with E-state index in [-0.39, 0.29) is 12.1 Å². The third-order valence-corrected chi connectivity index (χ3v) is 4.76. The number of rotatable bonds is 3. The van der Waals surface area contributed by atoms with Crippen molar-refractivity contribution in [2.75, 3.05) is 0 Å². The number of benzene rings is 1. The largest absolute Gasteiger partial charge is 0.389 e. The van der Waals surface area contributed by atoms with Gasteiger partial charge in [-0.15, -0.1) is 11.3 Å². The highest BCUT2D eigenvalue weighted by molar-refractivity contribution is 7.22. The minimum absolute atomic E-state index is 0.0944. The molecule has 22 heavy (non-hydrogen) atoms. The summed E-state index contributed by atoms with van der Waals surface area (Å²) < 4.78 is 1.48. The van der Waals surface area contributed by atoms with Gasteiger partial charge in [0, 0.05) is 4.88 Å². The van der Waals surface area contributed by atoms with Crippen molar-refractivity contribution < 1.29 is 5.11 Å². The summed E-state index contributed by atoms with van der Waals surface area (Å²) in [4.78, 5) is 18.9. The molecule has 0 saturated carbocycles. The SMILES string of the molecule is Cc1c(-c2ccccc2)sc2ncn(CC(C)(C)O)c(=O)c12. The average molecular weight is 314 g/mol. The summed E-state index contributed by atoms with van der Waals surface area (Å²) in [6.45, 7) is 5.54. The van der Waals surface area contributed by atoms with Gasteiger partial charge in [-0.2, -0.15) is 0 Å². The van der Waals surface area contributed by atoms with E-state index in [4.69, 9.17) is 0 Å². The van der Waals surface area contributed by atoms with E-state index in [1.54, 1.807) is 13.8 Å². The smallest absolute Gasteiger partial charge is 0.262 e. The van der Waals surface area contributed by atoms with Crippen molar-refractivity contribution in [3.05, 3.63) is 52.6 Å². The molecule has 0 aliphatic carbocycles. The van der Waals surface area contributed by atoms with Crippen LogP contribution >= 0.6 is 11.3 Å². The molecule has 0 saturated heterocycles. The molecule has 1 N–H and O–H groups in total. The molecule has 0 amide bonds. The van der Waals surface area contributed by atoms with Crippen LogP contribution in [0.25, 0.3) is 20.7 Å². The number of hydrogen-bond acceptors (Lipinski definition) is 4. The van der Waals surface area contributed by atoms with Crippen LogP contribution < -0.4 is 5.56 Å². The fourth-order valence-electron chi connectivity index (χ4n) is 2.55. The molecular formula is C17H18N2O2S. The third-order valence-electron chi connectivity index (χ3n) is 3.51. The van der Waals surface area contributed by atoms with Crippen LogP contribution in [0.4, 0.5) is 0 Å². The lowest BCUT2D eigenvalue weighted by molar-refractivity contribution is 0.0603. The lowest BCUT2D eigenvalue weighted by Gasteiger charge is -2.18. The predicted octanol–water partition coefficient (Wildman–Crippen LogP) is 3.20. The molecule has 2 aromatic heterocycles. The Morgan fingerprint density at radius 2 is 1.95 bits per heavy atom. The lowest BCUT2D eigenvalue weighted by atomic mass is 10.1. The van der Waals surface area contributed by atoms with Crippen LogP contribution in [0.3, 0.4) is 0 Å². The monoisotopic (exact) mass is 314 g/mol. The average Bonchev–Trinajstić information content (AvgIpc) is 2.80. The maximum Gasteiger partial charge on any atom is 0.262 e. The summed E-state index contributed by atoms with van der Waals surface area (Å²) >= 11 is 1.53. The number of thiophene rings is 1. The van der Waals surface area contributed by atoms with Crippen molar-refractivity contribution >= 4 is 21.6 Å². The number of hydrogen-bond donors (Lipinski definition) is 1. The molecule has 3 rings (SSSR count). The molecule has 0 spiro atoms. The fourth-order valence-corrected chi connectivity index (χ4v) is 3.70. The Morgan fingerprint density at radius 3 is 2.59 bits per heavy atom. The van der Waals surface area contributed by atoms with Crippen molar-refractivity contribution in [3.63, 3.8) is 0 Å². The van der Waals surface area contributed by atoms with E-state index in [1.165, 1.54) is 22.2 Å². The molecule has 0 radical (unpaired) electrons. The minimum Gasteiger partial charge on any atom is -0.389 e. The van der Waals surface area contributed by atoms with Crippen molar-refractivity contribution in [2.45, 2.75) is 32.9 Å². The molecule has 0 atom stereocenters. The van der Waals surface area contributed by atoms with E-state index in [9.17, 15) is 9.90 Å². The summed E-state index contributed by atoms with van der Waals surface area (Å²) in [6, 6.07) is 10.0. The third kappa shape index (κ3) is 2.69. The Balaban J connectivity index is 2.20. The molecule has 5 heteroatoms. The molecule has 2 heterocycles. The highest BCUT2D eigenvalue weighted by atomic mass is 32.1. The van der Waals surface area contributed by atoms with Gasteiger partial charge in [0.1, 0.15) is 4.83 Å². The van der Waals surface area contributed by atoms with Gasteiger partial charge in [-0.3, -0.25) is 9.36 Å². The Kier molecular flexibility index (Phi) is 3.62. The quantitative estimate of drug-likeness (QED) is 0.807. The summed E-state index contributed by atoms with van der Waals surface area (Å²) in [5, 5.41) is 10.6. The normalized spacial score (nSPS) is 12.0. The van der Waals surface area contributed by atoms with E-state index < -0.39 is 5.60 Å². The number of aliphatic hydroxyl groups is 1. The van der Waals surface area contributed by atoms with E-state index in [0.29, 0.717) is 5.39 Å². The Labute approximate surface area is 132 Å². The van der Waals surface area contributed by atoms with E-state index in [1.807, 2.05) is 37.3 Å². The van der Waals surface area contributed by atoms with Crippen LogP contribution in [-0.2, 0) is 6.54 Å². The van der Waals surface area contributed by atoms with Crippen LogP contribution in [0.15, 0.2) is 41.5 Å². The first kappa shape index (κ1) is 14.9. The first-order chi connectivity index (χ1) is 10.4. The van der Waals surface area contributed by atoms with Crippen molar-refractivity contribution in [3.8, 4) is 10.4 Å². The second-order valence-electron chi connectivity index (χ2n) is 6.09. The van der Waals surface area contributed by atoms with Crippen LogP contribution in [0, 0.1) is 6.92 Å². The first-order valence-corrected chi connectivity index (χ1v) is 7.95. The van der Waals surface area contributed by atoms with Crippen LogP contribution in [-0.4, -0.2) is 20.3 Å². The zero-order valence-electron chi connectivity index (χ0n) is 12.8. The summed E-state index contributed by atoms with van der Waals surface area (Å²) in [6.07, 6.45) is 1.52. The van der Waals surface area contributed by atoms with Gasteiger partial charge in [0.25, 0.3) is 5.56 Å². The van der Waals surface area contributed by atoms with Gasteiger partial charge in [-0.1, -0.05) is 30.3 Å². The molecule has 0 fully saturated rings. The molecule has 1 aromatic carbocycles. The van der Waals surface area contributed by atoms with E-state index in [0.717, 1.165) is 20.8 Å². The first-order valence-electron chi connectivity index (χ1n) is 7.13. The van der Waals surface area contributed by atoms with Crippen LogP contribution in [0.2, 0.25) is 0 Å². The maximum absolute atomic E-state index is 12.7. The Morgan fingerprint density at radius 1 is 1.27 bits per heavy atom. The second-order valence-corrected chi connectivity index (χ2v) is 7.09. The number of nitrogens with zero attached hydrogens (tertiary/aromatic N) is 2. The molecule has 0 unspecified atom stereocenters. The summed E-state index contributed by atoms with van der Waals surface area (Å²) in [7, 11) is 0. The highest BCUT2D eigenvalue weighted by Gasteiger charge is 2.19. The zero-order chi connectivity index (χ0) is 15.9. The minimum atomic E-state index is -0.953. The number of aryl methyl sites for hydroxylation is 1. The fraction of sp³-hybridized carbons (Fsp3) is 0.294. The van der Waals surface area contributed by atoms with Crippen molar-refractivity contribution in [2.24, 2.45) is 0 Å².